The number of benzene rings is 1. The van der Waals surface area contributed by atoms with E-state index in [1.165, 1.54) is 11.1 Å². The van der Waals surface area contributed by atoms with Gasteiger partial charge >= 0.3 is 0 Å². The third-order valence-corrected chi connectivity index (χ3v) is 3.17. The number of ether oxygens (including phenoxy) is 1. The summed E-state index contributed by atoms with van der Waals surface area (Å²) in [4.78, 5) is 2.27. The number of aryl methyl sites for hydroxylation is 1. The van der Waals surface area contributed by atoms with Crippen molar-refractivity contribution in [3.63, 3.8) is 0 Å². The Hall–Kier alpha value is -1.06. The fraction of sp³-hybridized carbons (Fsp3) is 0.600. The van der Waals surface area contributed by atoms with Crippen molar-refractivity contribution in [2.24, 2.45) is 0 Å². The summed E-state index contributed by atoms with van der Waals surface area (Å²) in [6.45, 7) is 5.87. The number of hydrogen-bond donors (Lipinski definition) is 1. The zero-order chi connectivity index (χ0) is 13.5. The van der Waals surface area contributed by atoms with Crippen molar-refractivity contribution >= 4 is 0 Å². The lowest BCUT2D eigenvalue weighted by molar-refractivity contribution is 0.282. The van der Waals surface area contributed by atoms with Gasteiger partial charge in [0.05, 0.1) is 6.61 Å². The molecule has 0 spiro atoms. The van der Waals surface area contributed by atoms with Crippen molar-refractivity contribution in [3.05, 3.63) is 29.3 Å². The van der Waals surface area contributed by atoms with Crippen molar-refractivity contribution in [1.29, 1.82) is 0 Å². The second kappa shape index (κ2) is 7.39. The van der Waals surface area contributed by atoms with Crippen LogP contribution in [0.5, 0.6) is 5.75 Å². The molecule has 3 nitrogen and oxygen atoms in total. The van der Waals surface area contributed by atoms with Crippen LogP contribution in [-0.2, 0) is 0 Å². The first-order valence-electron chi connectivity index (χ1n) is 6.64. The van der Waals surface area contributed by atoms with Gasteiger partial charge in [0, 0.05) is 6.04 Å². The summed E-state index contributed by atoms with van der Waals surface area (Å²) in [5.74, 6) is 0.993. The van der Waals surface area contributed by atoms with Crippen LogP contribution in [0, 0.1) is 6.92 Å². The Labute approximate surface area is 111 Å². The van der Waals surface area contributed by atoms with Gasteiger partial charge in [0.15, 0.2) is 0 Å². The van der Waals surface area contributed by atoms with E-state index in [2.05, 4.69) is 49.4 Å². The summed E-state index contributed by atoms with van der Waals surface area (Å²) in [5.41, 5.74) is 2.57. The Kier molecular flexibility index (Phi) is 6.16. The monoisotopic (exact) mass is 250 g/mol. The average molecular weight is 250 g/mol. The van der Waals surface area contributed by atoms with Crippen LogP contribution in [0.3, 0.4) is 0 Å². The van der Waals surface area contributed by atoms with Gasteiger partial charge < -0.3 is 15.0 Å². The van der Waals surface area contributed by atoms with Crippen LogP contribution < -0.4 is 10.1 Å². The molecule has 1 atom stereocenters. The molecule has 1 aromatic carbocycles. The second-order valence-electron chi connectivity index (χ2n) is 4.83. The number of nitrogens with one attached hydrogen (secondary N) is 1. The van der Waals surface area contributed by atoms with E-state index < -0.39 is 0 Å². The topological polar surface area (TPSA) is 24.5 Å². The second-order valence-corrected chi connectivity index (χ2v) is 4.83. The van der Waals surface area contributed by atoms with Crippen molar-refractivity contribution in [3.8, 4) is 5.75 Å². The molecule has 0 saturated carbocycles. The van der Waals surface area contributed by atoms with E-state index >= 15 is 0 Å². The maximum absolute atomic E-state index is 5.59. The van der Waals surface area contributed by atoms with Crippen molar-refractivity contribution in [1.82, 2.24) is 10.2 Å². The Balaban J connectivity index is 2.88. The van der Waals surface area contributed by atoms with E-state index in [9.17, 15) is 0 Å². The molecule has 0 aliphatic carbocycles. The Morgan fingerprint density at radius 1 is 1.33 bits per heavy atom. The van der Waals surface area contributed by atoms with Gasteiger partial charge in [-0.1, -0.05) is 12.1 Å². The van der Waals surface area contributed by atoms with Crippen LogP contribution in [0.1, 0.15) is 30.5 Å². The molecule has 0 aliphatic heterocycles. The zero-order valence-electron chi connectivity index (χ0n) is 12.3. The van der Waals surface area contributed by atoms with Gasteiger partial charge in [-0.2, -0.15) is 0 Å². The molecule has 0 radical (unpaired) electrons. The highest BCUT2D eigenvalue weighted by Crippen LogP contribution is 2.27. The van der Waals surface area contributed by atoms with E-state index in [-0.39, 0.29) is 0 Å². The van der Waals surface area contributed by atoms with Crippen LogP contribution >= 0.6 is 0 Å². The SMILES string of the molecule is CCOc1ccc(C(CCNC)N(C)C)cc1C. The predicted octanol–water partition coefficient (Wildman–Crippen LogP) is 2.61. The molecule has 0 amide bonds. The normalized spacial score (nSPS) is 12.8. The van der Waals surface area contributed by atoms with Crippen molar-refractivity contribution < 1.29 is 4.74 Å². The standard InChI is InChI=1S/C15H26N2O/c1-6-18-15-8-7-13(11-12(15)2)14(17(4)5)9-10-16-3/h7-8,11,14,16H,6,9-10H2,1-5H3. The van der Waals surface area contributed by atoms with E-state index in [4.69, 9.17) is 4.74 Å². The first kappa shape index (κ1) is 15.0. The minimum Gasteiger partial charge on any atom is -0.494 e. The van der Waals surface area contributed by atoms with Crippen LogP contribution in [0.2, 0.25) is 0 Å². The predicted molar refractivity (Wildman–Crippen MR) is 77.3 cm³/mol. The van der Waals surface area contributed by atoms with Crippen LogP contribution in [-0.4, -0.2) is 39.2 Å². The smallest absolute Gasteiger partial charge is 0.122 e. The molecule has 1 N–H and O–H groups in total. The lowest BCUT2D eigenvalue weighted by Gasteiger charge is -2.25. The highest BCUT2D eigenvalue weighted by Gasteiger charge is 2.14. The molecule has 0 aliphatic rings. The molecule has 0 bridgehead atoms. The van der Waals surface area contributed by atoms with Gasteiger partial charge in [0.1, 0.15) is 5.75 Å². The maximum Gasteiger partial charge on any atom is 0.122 e. The lowest BCUT2D eigenvalue weighted by atomic mass is 10.00. The molecule has 102 valence electrons. The van der Waals surface area contributed by atoms with E-state index in [0.717, 1.165) is 25.3 Å². The quantitative estimate of drug-likeness (QED) is 0.805. The summed E-state index contributed by atoms with van der Waals surface area (Å²) >= 11 is 0. The third kappa shape index (κ3) is 4.00. The molecular formula is C15H26N2O. The van der Waals surface area contributed by atoms with E-state index in [1.807, 2.05) is 14.0 Å². The minimum atomic E-state index is 0.451. The van der Waals surface area contributed by atoms with Gasteiger partial charge in [0.25, 0.3) is 0 Å². The van der Waals surface area contributed by atoms with E-state index in [1.54, 1.807) is 0 Å². The van der Waals surface area contributed by atoms with Crippen molar-refractivity contribution in [2.75, 3.05) is 34.3 Å². The van der Waals surface area contributed by atoms with Gasteiger partial charge in [0.2, 0.25) is 0 Å². The fourth-order valence-electron chi connectivity index (χ4n) is 2.20. The molecule has 1 unspecified atom stereocenters. The van der Waals surface area contributed by atoms with Crippen LogP contribution in [0.15, 0.2) is 18.2 Å². The third-order valence-electron chi connectivity index (χ3n) is 3.17. The molecule has 0 fully saturated rings. The Bertz CT molecular complexity index is 364. The molecule has 3 heteroatoms. The van der Waals surface area contributed by atoms with Crippen LogP contribution in [0.4, 0.5) is 0 Å². The lowest BCUT2D eigenvalue weighted by Crippen LogP contribution is -2.24. The fourth-order valence-corrected chi connectivity index (χ4v) is 2.20. The summed E-state index contributed by atoms with van der Waals surface area (Å²) in [5, 5.41) is 3.22. The van der Waals surface area contributed by atoms with Crippen molar-refractivity contribution in [2.45, 2.75) is 26.3 Å². The number of hydrogen-bond acceptors (Lipinski definition) is 3. The first-order valence-corrected chi connectivity index (χ1v) is 6.64. The Morgan fingerprint density at radius 2 is 2.06 bits per heavy atom. The average Bonchev–Trinajstić information content (AvgIpc) is 2.32. The summed E-state index contributed by atoms with van der Waals surface area (Å²) < 4.78 is 5.59. The van der Waals surface area contributed by atoms with E-state index in [0.29, 0.717) is 6.04 Å². The summed E-state index contributed by atoms with van der Waals surface area (Å²) in [7, 11) is 6.26. The highest BCUT2D eigenvalue weighted by atomic mass is 16.5. The summed E-state index contributed by atoms with van der Waals surface area (Å²) in [6.07, 6.45) is 1.11. The zero-order valence-corrected chi connectivity index (χ0v) is 12.3. The molecule has 1 rings (SSSR count). The molecule has 0 saturated heterocycles. The van der Waals surface area contributed by atoms with Gasteiger partial charge in [-0.3, -0.25) is 0 Å². The maximum atomic E-state index is 5.59. The number of nitrogens with zero attached hydrogens (tertiary/aromatic N) is 1. The van der Waals surface area contributed by atoms with Crippen LogP contribution in [0.25, 0.3) is 0 Å². The first-order chi connectivity index (χ1) is 8.60. The largest absolute Gasteiger partial charge is 0.494 e. The van der Waals surface area contributed by atoms with Gasteiger partial charge in [-0.15, -0.1) is 0 Å². The Morgan fingerprint density at radius 3 is 2.56 bits per heavy atom. The molecule has 1 aromatic rings. The van der Waals surface area contributed by atoms with Gasteiger partial charge in [-0.05, 0) is 65.1 Å². The number of rotatable bonds is 7. The molecule has 18 heavy (non-hydrogen) atoms. The molecule has 0 heterocycles. The minimum absolute atomic E-state index is 0.451. The molecule has 0 aromatic heterocycles. The van der Waals surface area contributed by atoms with Gasteiger partial charge in [-0.25, -0.2) is 0 Å². The highest BCUT2D eigenvalue weighted by molar-refractivity contribution is 5.37. The summed E-state index contributed by atoms with van der Waals surface area (Å²) in [6, 6.07) is 6.96. The molecular weight excluding hydrogens is 224 g/mol.